The van der Waals surface area contributed by atoms with Crippen molar-refractivity contribution >= 4 is 23.5 Å². The average molecular weight is 301 g/mol. The van der Waals surface area contributed by atoms with E-state index in [9.17, 15) is 14.0 Å². The van der Waals surface area contributed by atoms with Gasteiger partial charge in [-0.05, 0) is 12.1 Å². The average Bonchev–Trinajstić information content (AvgIpc) is 2.41. The van der Waals surface area contributed by atoms with E-state index in [0.29, 0.717) is 26.2 Å². The molecule has 2 rings (SSSR count). The van der Waals surface area contributed by atoms with Gasteiger partial charge in [0.15, 0.2) is 5.82 Å². The predicted molar refractivity (Wildman–Crippen MR) is 71.4 cm³/mol. The van der Waals surface area contributed by atoms with Crippen molar-refractivity contribution in [1.82, 2.24) is 9.80 Å². The third kappa shape index (κ3) is 3.26. The number of hydrogen-bond donors (Lipinski definition) is 1. The highest BCUT2D eigenvalue weighted by molar-refractivity contribution is 6.31. The molecule has 1 saturated heterocycles. The minimum Gasteiger partial charge on any atom is -0.480 e. The molecule has 0 spiro atoms. The predicted octanol–water partition coefficient (Wildman–Crippen LogP) is 1.32. The normalized spacial score (nSPS) is 16.2. The van der Waals surface area contributed by atoms with Gasteiger partial charge in [-0.15, -0.1) is 0 Å². The third-order valence-corrected chi connectivity index (χ3v) is 3.49. The van der Waals surface area contributed by atoms with Gasteiger partial charge in [0, 0.05) is 26.2 Å². The molecule has 1 aromatic rings. The van der Waals surface area contributed by atoms with Crippen LogP contribution in [0.2, 0.25) is 5.02 Å². The maximum Gasteiger partial charge on any atom is 0.317 e. The second-order valence-corrected chi connectivity index (χ2v) is 4.97. The van der Waals surface area contributed by atoms with E-state index in [0.717, 1.165) is 0 Å². The number of carbonyl (C=O) groups excluding carboxylic acids is 1. The summed E-state index contributed by atoms with van der Waals surface area (Å²) in [5.74, 6) is -2.03. The molecule has 1 fully saturated rings. The van der Waals surface area contributed by atoms with Crippen LogP contribution in [-0.2, 0) is 4.79 Å². The summed E-state index contributed by atoms with van der Waals surface area (Å²) in [6.45, 7) is 1.62. The van der Waals surface area contributed by atoms with Crippen molar-refractivity contribution in [1.29, 1.82) is 0 Å². The van der Waals surface area contributed by atoms with Crippen LogP contribution in [-0.4, -0.2) is 59.5 Å². The number of piperazine rings is 1. The molecule has 0 radical (unpaired) electrons. The van der Waals surface area contributed by atoms with Crippen LogP contribution >= 0.6 is 11.6 Å². The lowest BCUT2D eigenvalue weighted by atomic mass is 10.1. The Morgan fingerprint density at radius 1 is 1.25 bits per heavy atom. The van der Waals surface area contributed by atoms with Gasteiger partial charge in [-0.25, -0.2) is 4.39 Å². The number of carboxylic acids is 1. The molecule has 0 unspecified atom stereocenters. The number of benzene rings is 1. The third-order valence-electron chi connectivity index (χ3n) is 3.20. The van der Waals surface area contributed by atoms with Crippen molar-refractivity contribution in [2.45, 2.75) is 0 Å². The van der Waals surface area contributed by atoms with E-state index in [4.69, 9.17) is 16.7 Å². The fourth-order valence-electron chi connectivity index (χ4n) is 2.14. The van der Waals surface area contributed by atoms with Gasteiger partial charge in [-0.2, -0.15) is 0 Å². The van der Waals surface area contributed by atoms with Crippen molar-refractivity contribution < 1.29 is 19.1 Å². The second kappa shape index (κ2) is 6.19. The highest BCUT2D eigenvalue weighted by Crippen LogP contribution is 2.19. The van der Waals surface area contributed by atoms with Gasteiger partial charge < -0.3 is 10.0 Å². The van der Waals surface area contributed by atoms with Gasteiger partial charge in [0.25, 0.3) is 5.91 Å². The molecule has 0 aliphatic carbocycles. The topological polar surface area (TPSA) is 60.9 Å². The van der Waals surface area contributed by atoms with Crippen molar-refractivity contribution in [3.8, 4) is 0 Å². The van der Waals surface area contributed by atoms with Crippen molar-refractivity contribution in [3.63, 3.8) is 0 Å². The Morgan fingerprint density at radius 3 is 2.50 bits per heavy atom. The molecule has 1 amide bonds. The minimum absolute atomic E-state index is 0.0481. The largest absolute Gasteiger partial charge is 0.480 e. The van der Waals surface area contributed by atoms with Gasteiger partial charge >= 0.3 is 5.97 Å². The molecule has 0 saturated carbocycles. The van der Waals surface area contributed by atoms with Gasteiger partial charge in [0.2, 0.25) is 0 Å². The first-order valence-electron chi connectivity index (χ1n) is 6.16. The fraction of sp³-hybridized carbons (Fsp3) is 0.385. The van der Waals surface area contributed by atoms with Crippen molar-refractivity contribution in [3.05, 3.63) is 34.6 Å². The van der Waals surface area contributed by atoms with Gasteiger partial charge in [0.05, 0.1) is 17.1 Å². The zero-order valence-corrected chi connectivity index (χ0v) is 11.4. The fourth-order valence-corrected chi connectivity index (χ4v) is 2.31. The lowest BCUT2D eigenvalue weighted by Crippen LogP contribution is -2.50. The van der Waals surface area contributed by atoms with Crippen LogP contribution in [0.3, 0.4) is 0 Å². The smallest absolute Gasteiger partial charge is 0.317 e. The number of carboxylic acid groups (broad SMARTS) is 1. The lowest BCUT2D eigenvalue weighted by molar-refractivity contribution is -0.138. The summed E-state index contributed by atoms with van der Waals surface area (Å²) in [5.41, 5.74) is -0.0517. The zero-order chi connectivity index (χ0) is 14.7. The SMILES string of the molecule is O=C(O)CN1CCN(C(=O)c2cccc(Cl)c2F)CC1. The van der Waals surface area contributed by atoms with Crippen LogP contribution < -0.4 is 0 Å². The minimum atomic E-state index is -0.898. The molecule has 108 valence electrons. The molecule has 1 N–H and O–H groups in total. The molecule has 1 heterocycles. The van der Waals surface area contributed by atoms with Crippen LogP contribution in [0.25, 0.3) is 0 Å². The number of nitrogens with zero attached hydrogens (tertiary/aromatic N) is 2. The first-order valence-corrected chi connectivity index (χ1v) is 6.54. The summed E-state index contributed by atoms with van der Waals surface area (Å²) in [5, 5.41) is 8.62. The number of rotatable bonds is 3. The summed E-state index contributed by atoms with van der Waals surface area (Å²) in [7, 11) is 0. The first-order chi connectivity index (χ1) is 9.49. The van der Waals surface area contributed by atoms with E-state index in [1.54, 1.807) is 4.90 Å². The van der Waals surface area contributed by atoms with Crippen LogP contribution in [0, 0.1) is 5.82 Å². The number of halogens is 2. The summed E-state index contributed by atoms with van der Waals surface area (Å²) in [6, 6.07) is 4.31. The molecule has 1 aromatic carbocycles. The summed E-state index contributed by atoms with van der Waals surface area (Å²) in [6.07, 6.45) is 0. The highest BCUT2D eigenvalue weighted by Gasteiger charge is 2.25. The first kappa shape index (κ1) is 14.7. The van der Waals surface area contributed by atoms with Gasteiger partial charge in [-0.3, -0.25) is 14.5 Å². The molecule has 0 aromatic heterocycles. The van der Waals surface area contributed by atoms with Crippen LogP contribution in [0.15, 0.2) is 18.2 Å². The van der Waals surface area contributed by atoms with E-state index in [1.807, 2.05) is 0 Å². The van der Waals surface area contributed by atoms with E-state index in [2.05, 4.69) is 0 Å². The van der Waals surface area contributed by atoms with Crippen LogP contribution in [0.5, 0.6) is 0 Å². The molecule has 1 aliphatic heterocycles. The zero-order valence-electron chi connectivity index (χ0n) is 10.7. The summed E-state index contributed by atoms with van der Waals surface area (Å²) >= 11 is 5.66. The Hall–Kier alpha value is -1.66. The lowest BCUT2D eigenvalue weighted by Gasteiger charge is -2.33. The van der Waals surface area contributed by atoms with E-state index in [1.165, 1.54) is 23.1 Å². The summed E-state index contributed by atoms with van der Waals surface area (Å²) in [4.78, 5) is 26.0. The molecular weight excluding hydrogens is 287 g/mol. The van der Waals surface area contributed by atoms with E-state index >= 15 is 0 Å². The van der Waals surface area contributed by atoms with E-state index < -0.39 is 17.7 Å². The number of aliphatic carboxylic acids is 1. The molecule has 0 bridgehead atoms. The Kier molecular flexibility index (Phi) is 4.57. The monoisotopic (exact) mass is 300 g/mol. The molecule has 1 aliphatic rings. The Bertz CT molecular complexity index is 530. The highest BCUT2D eigenvalue weighted by atomic mass is 35.5. The molecular formula is C13H14ClFN2O3. The summed E-state index contributed by atoms with van der Waals surface area (Å²) < 4.78 is 13.8. The molecule has 5 nitrogen and oxygen atoms in total. The van der Waals surface area contributed by atoms with Gasteiger partial charge in [-0.1, -0.05) is 17.7 Å². The Labute approximate surface area is 120 Å². The van der Waals surface area contributed by atoms with Gasteiger partial charge in [0.1, 0.15) is 0 Å². The Balaban J connectivity index is 2.02. The molecule has 20 heavy (non-hydrogen) atoms. The Morgan fingerprint density at radius 2 is 1.90 bits per heavy atom. The number of hydrogen-bond acceptors (Lipinski definition) is 3. The number of carbonyl (C=O) groups is 2. The second-order valence-electron chi connectivity index (χ2n) is 4.56. The maximum atomic E-state index is 13.8. The number of amides is 1. The van der Waals surface area contributed by atoms with Crippen molar-refractivity contribution in [2.75, 3.05) is 32.7 Å². The van der Waals surface area contributed by atoms with Crippen molar-refractivity contribution in [2.24, 2.45) is 0 Å². The maximum absolute atomic E-state index is 13.8. The standard InChI is InChI=1S/C13H14ClFN2O3/c14-10-3-1-2-9(12(10)15)13(20)17-6-4-16(5-7-17)8-11(18)19/h1-3H,4-8H2,(H,18,19). The quantitative estimate of drug-likeness (QED) is 0.914. The molecule has 0 atom stereocenters. The van der Waals surface area contributed by atoms with Crippen LogP contribution in [0.1, 0.15) is 10.4 Å². The van der Waals surface area contributed by atoms with Crippen LogP contribution in [0.4, 0.5) is 4.39 Å². The molecule has 7 heteroatoms. The van der Waals surface area contributed by atoms with E-state index in [-0.39, 0.29) is 17.1 Å².